The predicted molar refractivity (Wildman–Crippen MR) is 93.1 cm³/mol. The van der Waals surface area contributed by atoms with Crippen molar-refractivity contribution in [1.29, 1.82) is 0 Å². The van der Waals surface area contributed by atoms with Crippen LogP contribution in [0.15, 0.2) is 27.4 Å². The van der Waals surface area contributed by atoms with Crippen LogP contribution >= 0.6 is 0 Å². The van der Waals surface area contributed by atoms with Crippen molar-refractivity contribution in [1.82, 2.24) is 0 Å². The second-order valence-corrected chi connectivity index (χ2v) is 8.89. The second kappa shape index (κ2) is 6.63. The minimum atomic E-state index is -3.01. The molecule has 3 rings (SSSR count). The number of ether oxygens (including phenoxy) is 1. The van der Waals surface area contributed by atoms with E-state index in [4.69, 9.17) is 9.15 Å². The molecule has 1 fully saturated rings. The Labute approximate surface area is 145 Å². The lowest BCUT2D eigenvalue weighted by Crippen LogP contribution is -2.13. The van der Waals surface area contributed by atoms with Gasteiger partial charge in [0, 0.05) is 23.4 Å². The van der Waals surface area contributed by atoms with Crippen LogP contribution in [0.4, 0.5) is 0 Å². The summed E-state index contributed by atoms with van der Waals surface area (Å²) in [7, 11) is -3.01. The largest absolute Gasteiger partial charge is 0.461 e. The third-order valence-electron chi connectivity index (χ3n) is 4.62. The van der Waals surface area contributed by atoms with Gasteiger partial charge in [0.1, 0.15) is 12.2 Å². The molecule has 0 spiro atoms. The molecule has 0 amide bonds. The van der Waals surface area contributed by atoms with Crippen LogP contribution in [0.25, 0.3) is 11.0 Å². The number of hydrogen-bond donors (Lipinski definition) is 0. The number of carbonyl (C=O) groups is 1. The monoisotopic (exact) mass is 364 g/mol. The Balaban J connectivity index is 1.73. The summed E-state index contributed by atoms with van der Waals surface area (Å²) in [6.45, 7) is 3.84. The highest BCUT2D eigenvalue weighted by atomic mass is 32.2. The summed E-state index contributed by atoms with van der Waals surface area (Å²) in [5, 5.41) is 0.735. The molecule has 0 unspecified atom stereocenters. The maximum atomic E-state index is 12.0. The van der Waals surface area contributed by atoms with E-state index in [0.717, 1.165) is 16.5 Å². The number of aryl methyl sites for hydroxylation is 2. The zero-order valence-corrected chi connectivity index (χ0v) is 15.0. The van der Waals surface area contributed by atoms with Gasteiger partial charge in [-0.15, -0.1) is 0 Å². The maximum absolute atomic E-state index is 12.0. The van der Waals surface area contributed by atoms with Gasteiger partial charge in [-0.25, -0.2) is 13.2 Å². The molecule has 134 valence electrons. The Bertz CT molecular complexity index is 987. The molecule has 1 aliphatic heterocycles. The number of benzene rings is 1. The molecule has 1 saturated heterocycles. The van der Waals surface area contributed by atoms with Crippen LogP contribution in [0.5, 0.6) is 0 Å². The van der Waals surface area contributed by atoms with Crippen LogP contribution in [0.1, 0.15) is 29.5 Å². The van der Waals surface area contributed by atoms with Gasteiger partial charge in [0.2, 0.25) is 0 Å². The first-order chi connectivity index (χ1) is 11.7. The van der Waals surface area contributed by atoms with Crippen molar-refractivity contribution in [2.75, 3.05) is 11.5 Å². The van der Waals surface area contributed by atoms with E-state index in [-0.39, 0.29) is 30.5 Å². The minimum absolute atomic E-state index is 0.0388. The zero-order valence-electron chi connectivity index (χ0n) is 14.2. The van der Waals surface area contributed by atoms with Crippen molar-refractivity contribution >= 4 is 26.8 Å². The average molecular weight is 364 g/mol. The fraction of sp³-hybridized carbons (Fsp3) is 0.444. The molecule has 2 aromatic rings. The molecule has 1 aliphatic rings. The summed E-state index contributed by atoms with van der Waals surface area (Å²) >= 11 is 0. The van der Waals surface area contributed by atoms with Crippen LogP contribution in [0, 0.1) is 19.8 Å². The number of carbonyl (C=O) groups excluding carboxylic acids is 1. The molecule has 7 heteroatoms. The van der Waals surface area contributed by atoms with Crippen LogP contribution in [0.2, 0.25) is 0 Å². The Morgan fingerprint density at radius 1 is 1.24 bits per heavy atom. The van der Waals surface area contributed by atoms with E-state index in [0.29, 0.717) is 17.6 Å². The highest BCUT2D eigenvalue weighted by Gasteiger charge is 2.29. The molecule has 0 aliphatic carbocycles. The zero-order chi connectivity index (χ0) is 18.2. The number of fused-ring (bicyclic) bond motifs is 1. The Hall–Kier alpha value is -2.15. The van der Waals surface area contributed by atoms with Gasteiger partial charge >= 0.3 is 11.6 Å². The van der Waals surface area contributed by atoms with Gasteiger partial charge < -0.3 is 9.15 Å². The van der Waals surface area contributed by atoms with Crippen molar-refractivity contribution in [2.45, 2.75) is 33.3 Å². The predicted octanol–water partition coefficient (Wildman–Crippen LogP) is 2.28. The molecule has 0 radical (unpaired) electrons. The summed E-state index contributed by atoms with van der Waals surface area (Å²) in [5.74, 6) is -0.459. The molecular weight excluding hydrogens is 344 g/mol. The summed E-state index contributed by atoms with van der Waals surface area (Å²) in [6.07, 6.45) is 0.574. The van der Waals surface area contributed by atoms with Crippen LogP contribution in [-0.2, 0) is 26.0 Å². The lowest BCUT2D eigenvalue weighted by Gasteiger charge is -2.10. The first kappa shape index (κ1) is 17.7. The van der Waals surface area contributed by atoms with E-state index in [1.807, 2.05) is 19.9 Å². The normalized spacial score (nSPS) is 19.2. The van der Waals surface area contributed by atoms with Crippen molar-refractivity contribution in [3.8, 4) is 0 Å². The van der Waals surface area contributed by atoms with Crippen molar-refractivity contribution in [3.63, 3.8) is 0 Å². The lowest BCUT2D eigenvalue weighted by molar-refractivity contribution is -0.145. The van der Waals surface area contributed by atoms with E-state index < -0.39 is 21.4 Å². The molecule has 1 aromatic heterocycles. The SMILES string of the molecule is Cc1cc2oc(=O)cc(COC(=O)C[C@H]3CCS(=O)(=O)C3)c2cc1C. The molecular formula is C18H20O6S. The first-order valence-corrected chi connectivity index (χ1v) is 9.96. The Morgan fingerprint density at radius 3 is 2.64 bits per heavy atom. The van der Waals surface area contributed by atoms with Crippen molar-refractivity contribution in [2.24, 2.45) is 5.92 Å². The molecule has 0 saturated carbocycles. The van der Waals surface area contributed by atoms with Gasteiger partial charge in [-0.05, 0) is 49.4 Å². The van der Waals surface area contributed by atoms with Crippen LogP contribution < -0.4 is 5.63 Å². The average Bonchev–Trinajstić information content (AvgIpc) is 2.85. The van der Waals surface area contributed by atoms with Gasteiger partial charge in [-0.3, -0.25) is 4.79 Å². The van der Waals surface area contributed by atoms with Crippen molar-refractivity contribution in [3.05, 3.63) is 45.3 Å². The van der Waals surface area contributed by atoms with Gasteiger partial charge in [0.15, 0.2) is 9.84 Å². The third kappa shape index (κ3) is 4.10. The topological polar surface area (TPSA) is 90.7 Å². The quantitative estimate of drug-likeness (QED) is 0.611. The second-order valence-electron chi connectivity index (χ2n) is 6.66. The van der Waals surface area contributed by atoms with Crippen molar-refractivity contribution < 1.29 is 22.4 Å². The molecule has 1 atom stereocenters. The summed E-state index contributed by atoms with van der Waals surface area (Å²) in [4.78, 5) is 23.7. The standard InChI is InChI=1S/C18H20O6S/c1-11-5-15-14(8-18(20)24-16(15)6-12(11)2)9-23-17(19)7-13-3-4-25(21,22)10-13/h5-6,8,13H,3-4,7,9-10H2,1-2H3/t13-/m1/s1. The van der Waals surface area contributed by atoms with Crippen LogP contribution in [0.3, 0.4) is 0 Å². The van der Waals surface area contributed by atoms with E-state index in [1.54, 1.807) is 6.07 Å². The van der Waals surface area contributed by atoms with Gasteiger partial charge in [0.05, 0.1) is 11.5 Å². The Kier molecular flexibility index (Phi) is 4.69. The summed E-state index contributed by atoms with van der Waals surface area (Å²) in [5.41, 5.74) is 2.60. The fourth-order valence-corrected chi connectivity index (χ4v) is 4.95. The number of esters is 1. The highest BCUT2D eigenvalue weighted by molar-refractivity contribution is 7.91. The summed E-state index contributed by atoms with van der Waals surface area (Å²) < 4.78 is 33.4. The Morgan fingerprint density at radius 2 is 1.96 bits per heavy atom. The van der Waals surface area contributed by atoms with E-state index in [9.17, 15) is 18.0 Å². The molecule has 6 nitrogen and oxygen atoms in total. The maximum Gasteiger partial charge on any atom is 0.336 e. The highest BCUT2D eigenvalue weighted by Crippen LogP contribution is 2.24. The van der Waals surface area contributed by atoms with Gasteiger partial charge in [0.25, 0.3) is 0 Å². The molecule has 0 N–H and O–H groups in total. The van der Waals surface area contributed by atoms with E-state index in [2.05, 4.69) is 0 Å². The van der Waals surface area contributed by atoms with Gasteiger partial charge in [-0.1, -0.05) is 0 Å². The summed E-state index contributed by atoms with van der Waals surface area (Å²) in [6, 6.07) is 5.02. The number of rotatable bonds is 4. The lowest BCUT2D eigenvalue weighted by atomic mass is 10.0. The number of sulfone groups is 1. The van der Waals surface area contributed by atoms with E-state index in [1.165, 1.54) is 6.07 Å². The first-order valence-electron chi connectivity index (χ1n) is 8.13. The fourth-order valence-electron chi connectivity index (χ4n) is 3.09. The van der Waals surface area contributed by atoms with Gasteiger partial charge in [-0.2, -0.15) is 0 Å². The minimum Gasteiger partial charge on any atom is -0.461 e. The number of hydrogen-bond acceptors (Lipinski definition) is 6. The molecule has 25 heavy (non-hydrogen) atoms. The van der Waals surface area contributed by atoms with Crippen LogP contribution in [-0.4, -0.2) is 25.9 Å². The molecule has 0 bridgehead atoms. The molecule has 2 heterocycles. The molecule has 1 aromatic carbocycles. The third-order valence-corrected chi connectivity index (χ3v) is 6.45. The van der Waals surface area contributed by atoms with E-state index >= 15 is 0 Å². The smallest absolute Gasteiger partial charge is 0.336 e.